The number of halogens is 2. The van der Waals surface area contributed by atoms with Crippen molar-refractivity contribution in [1.82, 2.24) is 14.9 Å². The lowest BCUT2D eigenvalue weighted by Crippen LogP contribution is -2.53. The van der Waals surface area contributed by atoms with E-state index in [1.807, 2.05) is 36.5 Å². The van der Waals surface area contributed by atoms with Gasteiger partial charge in [-0.1, -0.05) is 23.7 Å². The van der Waals surface area contributed by atoms with Gasteiger partial charge in [0.2, 0.25) is 0 Å². The largest absolute Gasteiger partial charge is 0.370 e. The normalized spacial score (nSPS) is 18.2. The van der Waals surface area contributed by atoms with Gasteiger partial charge in [-0.05, 0) is 49.2 Å². The molecule has 0 aliphatic carbocycles. The van der Waals surface area contributed by atoms with Gasteiger partial charge in [-0.3, -0.25) is 14.9 Å². The number of hydrogen-bond acceptors (Lipinski definition) is 5. The first-order valence-corrected chi connectivity index (χ1v) is 12.4. The maximum Gasteiger partial charge on any atom is 0.126 e. The lowest BCUT2D eigenvalue weighted by atomic mass is 10.0. The number of piperazine rings is 1. The van der Waals surface area contributed by atoms with Crippen molar-refractivity contribution in [3.05, 3.63) is 71.8 Å². The van der Waals surface area contributed by atoms with Crippen molar-refractivity contribution in [1.29, 1.82) is 0 Å². The van der Waals surface area contributed by atoms with Gasteiger partial charge >= 0.3 is 0 Å². The van der Waals surface area contributed by atoms with Crippen LogP contribution in [0.15, 0.2) is 60.9 Å². The average Bonchev–Trinajstić information content (AvgIpc) is 2.88. The molecule has 34 heavy (non-hydrogen) atoms. The van der Waals surface area contributed by atoms with Crippen LogP contribution in [0, 0.1) is 5.82 Å². The van der Waals surface area contributed by atoms with E-state index in [0.717, 1.165) is 90.3 Å². The molecule has 6 rings (SSSR count). The van der Waals surface area contributed by atoms with Crippen LogP contribution in [0.4, 0.5) is 15.8 Å². The van der Waals surface area contributed by atoms with Crippen LogP contribution in [-0.4, -0.2) is 60.2 Å². The molecule has 0 N–H and O–H groups in total. The highest BCUT2D eigenvalue weighted by atomic mass is 35.5. The molecule has 7 heteroatoms. The summed E-state index contributed by atoms with van der Waals surface area (Å²) in [4.78, 5) is 16.5. The highest BCUT2D eigenvalue weighted by Gasteiger charge is 2.29. The Bertz CT molecular complexity index is 1230. The van der Waals surface area contributed by atoms with Gasteiger partial charge in [0, 0.05) is 73.5 Å². The van der Waals surface area contributed by atoms with Gasteiger partial charge in [0.25, 0.3) is 0 Å². The summed E-state index contributed by atoms with van der Waals surface area (Å²) in [6.45, 7) is 5.73. The first-order valence-electron chi connectivity index (χ1n) is 12.0. The maximum atomic E-state index is 14.2. The fourth-order valence-corrected chi connectivity index (χ4v) is 5.78. The summed E-state index contributed by atoms with van der Waals surface area (Å²) in [6, 6.07) is 15.6. The van der Waals surface area contributed by atoms with Crippen LogP contribution in [0.3, 0.4) is 0 Å². The van der Waals surface area contributed by atoms with Crippen molar-refractivity contribution in [2.45, 2.75) is 18.9 Å². The van der Waals surface area contributed by atoms with E-state index in [9.17, 15) is 4.39 Å². The number of aromatic nitrogens is 2. The SMILES string of the molecule is Fc1cc(N2CCN(C3CCN(c4cc(Cl)cc5cccnc45)CC3)CC2)c2ncccc2c1. The van der Waals surface area contributed by atoms with E-state index in [0.29, 0.717) is 6.04 Å². The van der Waals surface area contributed by atoms with E-state index in [1.54, 1.807) is 18.3 Å². The number of pyridine rings is 2. The van der Waals surface area contributed by atoms with Gasteiger partial charge in [0.1, 0.15) is 5.82 Å². The molecule has 4 heterocycles. The van der Waals surface area contributed by atoms with E-state index < -0.39 is 0 Å². The van der Waals surface area contributed by atoms with Crippen LogP contribution in [0.1, 0.15) is 12.8 Å². The molecule has 0 unspecified atom stereocenters. The Morgan fingerprint density at radius 2 is 1.32 bits per heavy atom. The quantitative estimate of drug-likeness (QED) is 0.398. The maximum absolute atomic E-state index is 14.2. The van der Waals surface area contributed by atoms with Crippen LogP contribution in [-0.2, 0) is 0 Å². The van der Waals surface area contributed by atoms with Crippen LogP contribution in [0.25, 0.3) is 21.8 Å². The van der Waals surface area contributed by atoms with Gasteiger partial charge in [-0.25, -0.2) is 4.39 Å². The third kappa shape index (κ3) is 4.05. The summed E-state index contributed by atoms with van der Waals surface area (Å²) in [7, 11) is 0. The standard InChI is InChI=1S/C27H27ClFN5/c28-21-15-19-3-1-7-30-26(19)24(17-21)33-9-5-23(6-10-33)32-11-13-34(14-12-32)25-18-22(29)16-20-4-2-8-31-27(20)25/h1-4,7-8,15-18,23H,5-6,9-14H2. The molecular formula is C27H27ClFN5. The van der Waals surface area contributed by atoms with Gasteiger partial charge in [0.15, 0.2) is 0 Å². The van der Waals surface area contributed by atoms with E-state index in [4.69, 9.17) is 11.6 Å². The number of anilines is 2. The predicted molar refractivity (Wildman–Crippen MR) is 137 cm³/mol. The second kappa shape index (κ2) is 9.01. The third-order valence-electron chi connectivity index (χ3n) is 7.28. The highest BCUT2D eigenvalue weighted by Crippen LogP contribution is 2.33. The molecule has 0 spiro atoms. The predicted octanol–water partition coefficient (Wildman–Crippen LogP) is 5.37. The first kappa shape index (κ1) is 21.6. The topological polar surface area (TPSA) is 35.5 Å². The molecule has 174 valence electrons. The Morgan fingerprint density at radius 1 is 0.735 bits per heavy atom. The summed E-state index contributed by atoms with van der Waals surface area (Å²) in [5.41, 5.74) is 3.95. The molecule has 2 saturated heterocycles. The third-order valence-corrected chi connectivity index (χ3v) is 7.49. The fraction of sp³-hybridized carbons (Fsp3) is 0.333. The number of hydrogen-bond donors (Lipinski definition) is 0. The van der Waals surface area contributed by atoms with Crippen molar-refractivity contribution in [2.75, 3.05) is 49.1 Å². The number of benzene rings is 2. The van der Waals surface area contributed by atoms with Gasteiger partial charge in [-0.15, -0.1) is 0 Å². The molecule has 5 nitrogen and oxygen atoms in total. The van der Waals surface area contributed by atoms with Crippen LogP contribution >= 0.6 is 11.6 Å². The van der Waals surface area contributed by atoms with Crippen LogP contribution < -0.4 is 9.80 Å². The number of piperidine rings is 1. The molecule has 0 saturated carbocycles. The first-order chi connectivity index (χ1) is 16.7. The minimum absolute atomic E-state index is 0.201. The fourth-order valence-electron chi connectivity index (χ4n) is 5.56. The molecule has 2 aromatic carbocycles. The Morgan fingerprint density at radius 3 is 2.00 bits per heavy atom. The molecule has 0 bridgehead atoms. The van der Waals surface area contributed by atoms with Crippen molar-refractivity contribution in [3.63, 3.8) is 0 Å². The molecule has 4 aromatic rings. The monoisotopic (exact) mass is 475 g/mol. The molecule has 0 radical (unpaired) electrons. The van der Waals surface area contributed by atoms with Gasteiger partial charge in [0.05, 0.1) is 22.4 Å². The summed E-state index contributed by atoms with van der Waals surface area (Å²) in [6.07, 6.45) is 5.87. The van der Waals surface area contributed by atoms with Crippen LogP contribution in [0.5, 0.6) is 0 Å². The number of rotatable bonds is 3. The van der Waals surface area contributed by atoms with Crippen LogP contribution in [0.2, 0.25) is 5.02 Å². The summed E-state index contributed by atoms with van der Waals surface area (Å²) in [5.74, 6) is -0.201. The average molecular weight is 476 g/mol. The highest BCUT2D eigenvalue weighted by molar-refractivity contribution is 6.31. The van der Waals surface area contributed by atoms with Crippen molar-refractivity contribution < 1.29 is 4.39 Å². The molecule has 2 aliphatic rings. The molecular weight excluding hydrogens is 449 g/mol. The summed E-state index contributed by atoms with van der Waals surface area (Å²) >= 11 is 6.41. The Balaban J connectivity index is 1.12. The van der Waals surface area contributed by atoms with Gasteiger partial charge < -0.3 is 9.80 Å². The lowest BCUT2D eigenvalue weighted by molar-refractivity contribution is 0.160. The van der Waals surface area contributed by atoms with E-state index in [-0.39, 0.29) is 5.82 Å². The van der Waals surface area contributed by atoms with E-state index in [1.165, 1.54) is 0 Å². The van der Waals surface area contributed by atoms with E-state index >= 15 is 0 Å². The zero-order valence-electron chi connectivity index (χ0n) is 19.0. The lowest BCUT2D eigenvalue weighted by Gasteiger charge is -2.44. The van der Waals surface area contributed by atoms with Crippen molar-refractivity contribution in [3.8, 4) is 0 Å². The molecule has 2 fully saturated rings. The minimum Gasteiger partial charge on any atom is -0.370 e. The van der Waals surface area contributed by atoms with Crippen molar-refractivity contribution in [2.24, 2.45) is 0 Å². The molecule has 0 atom stereocenters. The molecule has 2 aliphatic heterocycles. The molecule has 2 aromatic heterocycles. The second-order valence-electron chi connectivity index (χ2n) is 9.24. The smallest absolute Gasteiger partial charge is 0.126 e. The summed E-state index contributed by atoms with van der Waals surface area (Å²) in [5, 5.41) is 2.70. The number of fused-ring (bicyclic) bond motifs is 2. The zero-order chi connectivity index (χ0) is 23.1. The Labute approximate surface area is 203 Å². The number of nitrogens with zero attached hydrogens (tertiary/aromatic N) is 5. The summed E-state index contributed by atoms with van der Waals surface area (Å²) < 4.78 is 14.2. The van der Waals surface area contributed by atoms with Crippen molar-refractivity contribution >= 4 is 44.8 Å². The molecule has 0 amide bonds. The van der Waals surface area contributed by atoms with E-state index in [2.05, 4.69) is 30.7 Å². The second-order valence-corrected chi connectivity index (χ2v) is 9.68. The zero-order valence-corrected chi connectivity index (χ0v) is 19.8. The minimum atomic E-state index is -0.201. The van der Waals surface area contributed by atoms with Gasteiger partial charge in [-0.2, -0.15) is 0 Å². The Kier molecular flexibility index (Phi) is 5.71. The Hall–Kier alpha value is -2.96.